The highest BCUT2D eigenvalue weighted by atomic mass is 32.1. The van der Waals surface area contributed by atoms with Gasteiger partial charge in [-0.25, -0.2) is 0 Å². The lowest BCUT2D eigenvalue weighted by Gasteiger charge is -2.45. The third kappa shape index (κ3) is 5.54. The standard InChI is InChI=1S/C61H41N3S/c1-5-22-42(23-6-1)62(43-24-7-2-8-25-43)56-41-40-47-46-30-14-20-39-57(46)65-60(47)59(56)64(45-28-11-4-12-29-45)55-38-21-35-52-58(55)48-31-13-15-32-49(48)61(52)50-33-16-18-36-53(50)63(44-26-9-3-10-27-44)54-37-19-17-34-51(54)61/h1-41H. The monoisotopic (exact) mass is 847 g/mol. The number of para-hydroxylation sites is 6. The van der Waals surface area contributed by atoms with Crippen LogP contribution >= 0.6 is 11.3 Å². The summed E-state index contributed by atoms with van der Waals surface area (Å²) in [4.78, 5) is 7.45. The van der Waals surface area contributed by atoms with Crippen molar-refractivity contribution in [1.29, 1.82) is 0 Å². The first kappa shape index (κ1) is 37.4. The minimum atomic E-state index is -0.602. The summed E-state index contributed by atoms with van der Waals surface area (Å²) in [6.07, 6.45) is 0. The highest BCUT2D eigenvalue weighted by Crippen LogP contribution is 2.66. The minimum absolute atomic E-state index is 0.602. The summed E-state index contributed by atoms with van der Waals surface area (Å²) in [6, 6.07) is 91.3. The summed E-state index contributed by atoms with van der Waals surface area (Å²) in [5.41, 5.74) is 17.1. The molecular formula is C61H41N3S. The second kappa shape index (κ2) is 15.0. The first-order valence-electron chi connectivity index (χ1n) is 22.3. The molecule has 1 spiro atoms. The normalized spacial score (nSPS) is 13.0. The van der Waals surface area contributed by atoms with Gasteiger partial charge in [0.25, 0.3) is 0 Å². The van der Waals surface area contributed by atoms with Crippen LogP contribution in [0.25, 0.3) is 31.3 Å². The molecular weight excluding hydrogens is 807 g/mol. The molecule has 65 heavy (non-hydrogen) atoms. The van der Waals surface area contributed by atoms with E-state index >= 15 is 0 Å². The van der Waals surface area contributed by atoms with Crippen molar-refractivity contribution in [3.05, 3.63) is 271 Å². The summed E-state index contributed by atoms with van der Waals surface area (Å²) in [6.45, 7) is 0. The van der Waals surface area contributed by atoms with E-state index in [0.29, 0.717) is 0 Å². The number of nitrogens with zero attached hydrogens (tertiary/aromatic N) is 3. The maximum atomic E-state index is 2.57. The highest BCUT2D eigenvalue weighted by Gasteiger charge is 2.52. The van der Waals surface area contributed by atoms with Gasteiger partial charge in [0, 0.05) is 43.8 Å². The van der Waals surface area contributed by atoms with Crippen LogP contribution in [0.1, 0.15) is 22.3 Å². The topological polar surface area (TPSA) is 9.72 Å². The Kier molecular flexibility index (Phi) is 8.62. The molecule has 13 rings (SSSR count). The average molecular weight is 848 g/mol. The molecule has 0 bridgehead atoms. The van der Waals surface area contributed by atoms with Crippen molar-refractivity contribution in [2.24, 2.45) is 0 Å². The predicted molar refractivity (Wildman–Crippen MR) is 274 cm³/mol. The predicted octanol–water partition coefficient (Wildman–Crippen LogP) is 17.1. The van der Waals surface area contributed by atoms with Gasteiger partial charge in [0.2, 0.25) is 0 Å². The van der Waals surface area contributed by atoms with Gasteiger partial charge < -0.3 is 14.7 Å². The van der Waals surface area contributed by atoms with Crippen LogP contribution in [-0.2, 0) is 5.41 Å². The fourth-order valence-corrected chi connectivity index (χ4v) is 12.1. The van der Waals surface area contributed by atoms with E-state index in [0.717, 1.165) is 39.8 Å². The van der Waals surface area contributed by atoms with Gasteiger partial charge in [-0.2, -0.15) is 0 Å². The van der Waals surface area contributed by atoms with E-state index in [1.807, 2.05) is 11.3 Å². The van der Waals surface area contributed by atoms with Gasteiger partial charge in [-0.3, -0.25) is 0 Å². The molecule has 2 aliphatic rings. The molecule has 2 heterocycles. The fraction of sp³-hybridized carbons (Fsp3) is 0.0164. The molecule has 0 saturated carbocycles. The van der Waals surface area contributed by atoms with Crippen molar-refractivity contribution in [3.63, 3.8) is 0 Å². The lowest BCUT2D eigenvalue weighted by molar-refractivity contribution is 0.752. The molecule has 0 N–H and O–H groups in total. The lowest BCUT2D eigenvalue weighted by Crippen LogP contribution is -2.36. The van der Waals surface area contributed by atoms with Gasteiger partial charge in [-0.1, -0.05) is 170 Å². The molecule has 0 atom stereocenters. The molecule has 0 radical (unpaired) electrons. The average Bonchev–Trinajstić information content (AvgIpc) is 3.91. The molecule has 4 heteroatoms. The number of hydrogen-bond donors (Lipinski definition) is 0. The maximum Gasteiger partial charge on any atom is 0.0883 e. The SMILES string of the molecule is c1ccc(N(c2ccccc2)c2ccc3c(sc4ccccc43)c2N(c2ccccc2)c2cccc3c2-c2ccccc2C32c3ccccc3N(c3ccccc3)c3ccccc32)cc1. The number of benzene rings is 10. The Bertz CT molecular complexity index is 3480. The molecule has 0 saturated heterocycles. The van der Waals surface area contributed by atoms with Gasteiger partial charge in [0.05, 0.1) is 38.6 Å². The Morgan fingerprint density at radius 3 is 1.51 bits per heavy atom. The lowest BCUT2D eigenvalue weighted by atomic mass is 9.64. The van der Waals surface area contributed by atoms with Crippen LogP contribution in [0.15, 0.2) is 249 Å². The van der Waals surface area contributed by atoms with Crippen LogP contribution in [0.2, 0.25) is 0 Å². The molecule has 0 fully saturated rings. The Labute approximate surface area is 383 Å². The quantitative estimate of drug-likeness (QED) is 0.158. The molecule has 306 valence electrons. The van der Waals surface area contributed by atoms with Crippen LogP contribution < -0.4 is 14.7 Å². The highest BCUT2D eigenvalue weighted by molar-refractivity contribution is 7.26. The first-order valence-corrected chi connectivity index (χ1v) is 23.1. The van der Waals surface area contributed by atoms with E-state index in [1.165, 1.54) is 64.9 Å². The van der Waals surface area contributed by atoms with Gasteiger partial charge >= 0.3 is 0 Å². The van der Waals surface area contributed by atoms with Crippen LogP contribution in [0.4, 0.5) is 51.2 Å². The number of fused-ring (bicyclic) bond motifs is 12. The van der Waals surface area contributed by atoms with Crippen LogP contribution in [-0.4, -0.2) is 0 Å². The van der Waals surface area contributed by atoms with E-state index < -0.39 is 5.41 Å². The van der Waals surface area contributed by atoms with Crippen LogP contribution in [0.3, 0.4) is 0 Å². The smallest absolute Gasteiger partial charge is 0.0883 e. The summed E-state index contributed by atoms with van der Waals surface area (Å²) < 4.78 is 2.50. The molecule has 3 nitrogen and oxygen atoms in total. The summed E-state index contributed by atoms with van der Waals surface area (Å²) >= 11 is 1.87. The van der Waals surface area contributed by atoms with Crippen molar-refractivity contribution in [3.8, 4) is 11.1 Å². The summed E-state index contributed by atoms with van der Waals surface area (Å²) in [7, 11) is 0. The molecule has 0 amide bonds. The van der Waals surface area contributed by atoms with Crippen LogP contribution in [0.5, 0.6) is 0 Å². The van der Waals surface area contributed by atoms with Gasteiger partial charge in [0.15, 0.2) is 0 Å². The van der Waals surface area contributed by atoms with Crippen LogP contribution in [0, 0.1) is 0 Å². The number of rotatable bonds is 7. The van der Waals surface area contributed by atoms with E-state index in [2.05, 4.69) is 263 Å². The zero-order chi connectivity index (χ0) is 42.9. The Morgan fingerprint density at radius 2 is 0.862 bits per heavy atom. The molecule has 1 aliphatic carbocycles. The second-order valence-electron chi connectivity index (χ2n) is 16.8. The van der Waals surface area contributed by atoms with Gasteiger partial charge in [0.1, 0.15) is 0 Å². The zero-order valence-corrected chi connectivity index (χ0v) is 36.2. The molecule has 1 aliphatic heterocycles. The third-order valence-electron chi connectivity index (χ3n) is 13.4. The molecule has 0 unspecified atom stereocenters. The number of anilines is 9. The van der Waals surface area contributed by atoms with Gasteiger partial charge in [-0.05, 0) is 107 Å². The van der Waals surface area contributed by atoms with E-state index in [4.69, 9.17) is 0 Å². The Balaban J connectivity index is 1.16. The van der Waals surface area contributed by atoms with Crippen molar-refractivity contribution in [2.75, 3.05) is 14.7 Å². The van der Waals surface area contributed by atoms with Crippen molar-refractivity contribution < 1.29 is 0 Å². The number of thiophene rings is 1. The van der Waals surface area contributed by atoms with E-state index in [9.17, 15) is 0 Å². The van der Waals surface area contributed by atoms with E-state index in [1.54, 1.807) is 0 Å². The first-order chi connectivity index (χ1) is 32.3. The molecule has 1 aromatic heterocycles. The second-order valence-corrected chi connectivity index (χ2v) is 17.8. The summed E-state index contributed by atoms with van der Waals surface area (Å²) in [5.74, 6) is 0. The fourth-order valence-electron chi connectivity index (χ4n) is 10.9. The third-order valence-corrected chi connectivity index (χ3v) is 14.6. The molecule has 10 aromatic carbocycles. The van der Waals surface area contributed by atoms with Crippen molar-refractivity contribution in [1.82, 2.24) is 0 Å². The summed E-state index contributed by atoms with van der Waals surface area (Å²) in [5, 5.41) is 2.51. The Hall–Kier alpha value is -8.18. The molecule has 11 aromatic rings. The van der Waals surface area contributed by atoms with E-state index in [-0.39, 0.29) is 0 Å². The zero-order valence-electron chi connectivity index (χ0n) is 35.4. The minimum Gasteiger partial charge on any atom is -0.310 e. The van der Waals surface area contributed by atoms with Crippen molar-refractivity contribution >= 4 is 82.7 Å². The van der Waals surface area contributed by atoms with Gasteiger partial charge in [-0.15, -0.1) is 11.3 Å². The largest absolute Gasteiger partial charge is 0.310 e. The maximum absolute atomic E-state index is 2.57. The van der Waals surface area contributed by atoms with Crippen molar-refractivity contribution in [2.45, 2.75) is 5.41 Å². The Morgan fingerprint density at radius 1 is 0.354 bits per heavy atom. The number of hydrogen-bond acceptors (Lipinski definition) is 4.